The van der Waals surface area contributed by atoms with E-state index in [1.807, 2.05) is 0 Å². The molecule has 0 saturated carbocycles. The number of nitrogens with one attached hydrogen (secondary N) is 1. The minimum Gasteiger partial charge on any atom is -0.497 e. The van der Waals surface area contributed by atoms with Gasteiger partial charge in [-0.25, -0.2) is 8.78 Å². The van der Waals surface area contributed by atoms with E-state index < -0.39 is 23.1 Å². The number of hydrogen-bond acceptors (Lipinski definition) is 4. The molecule has 0 unspecified atom stereocenters. The van der Waals surface area contributed by atoms with Crippen molar-refractivity contribution in [3.8, 4) is 16.9 Å². The summed E-state index contributed by atoms with van der Waals surface area (Å²) in [5, 5.41) is 12.1. The summed E-state index contributed by atoms with van der Waals surface area (Å²) in [7, 11) is 1.43. The number of rotatable bonds is 5. The summed E-state index contributed by atoms with van der Waals surface area (Å²) in [6, 6.07) is 8.14. The molecule has 1 aliphatic heterocycles. The molecule has 1 aliphatic rings. The first-order valence-electron chi connectivity index (χ1n) is 8.12. The highest BCUT2D eigenvalue weighted by atomic mass is 19.1. The first kappa shape index (κ1) is 18.3. The zero-order valence-corrected chi connectivity index (χ0v) is 14.2. The number of methoxy groups -OCH3 is 1. The Labute approximate surface area is 149 Å². The first-order chi connectivity index (χ1) is 12.5. The maximum Gasteiger partial charge on any atom is 0.254 e. The summed E-state index contributed by atoms with van der Waals surface area (Å²) in [6.07, 6.45) is 0.450. The van der Waals surface area contributed by atoms with Crippen molar-refractivity contribution >= 4 is 5.91 Å². The van der Waals surface area contributed by atoms with Gasteiger partial charge in [-0.3, -0.25) is 4.79 Å². The summed E-state index contributed by atoms with van der Waals surface area (Å²) >= 11 is 0. The third-order valence-corrected chi connectivity index (χ3v) is 4.49. The van der Waals surface area contributed by atoms with E-state index in [0.717, 1.165) is 6.07 Å². The van der Waals surface area contributed by atoms with E-state index in [2.05, 4.69) is 5.32 Å². The molecule has 7 heteroatoms. The monoisotopic (exact) mass is 363 g/mol. The molecular formula is C19H19F2NO4. The molecule has 0 aliphatic carbocycles. The molecule has 2 N–H and O–H groups in total. The Bertz CT molecular complexity index is 819. The number of carbonyl (C=O) groups is 1. The van der Waals surface area contributed by atoms with Gasteiger partial charge in [0.2, 0.25) is 0 Å². The van der Waals surface area contributed by atoms with Crippen LogP contribution < -0.4 is 10.1 Å². The van der Waals surface area contributed by atoms with Gasteiger partial charge in [0.25, 0.3) is 5.91 Å². The number of aliphatic hydroxyl groups excluding tert-OH is 1. The lowest BCUT2D eigenvalue weighted by Crippen LogP contribution is -2.52. The van der Waals surface area contributed by atoms with Gasteiger partial charge in [0.1, 0.15) is 17.4 Å². The van der Waals surface area contributed by atoms with Gasteiger partial charge in [0.15, 0.2) is 0 Å². The number of hydrogen-bond donors (Lipinski definition) is 2. The Morgan fingerprint density at radius 3 is 2.65 bits per heavy atom. The second-order valence-corrected chi connectivity index (χ2v) is 6.24. The maximum atomic E-state index is 14.5. The fraction of sp³-hybridized carbons (Fsp3) is 0.316. The van der Waals surface area contributed by atoms with E-state index in [4.69, 9.17) is 9.47 Å². The average Bonchev–Trinajstić information content (AvgIpc) is 3.10. The van der Waals surface area contributed by atoms with Gasteiger partial charge >= 0.3 is 0 Å². The highest BCUT2D eigenvalue weighted by Crippen LogP contribution is 2.28. The van der Waals surface area contributed by atoms with Gasteiger partial charge in [-0.2, -0.15) is 0 Å². The Hall–Kier alpha value is -2.51. The summed E-state index contributed by atoms with van der Waals surface area (Å²) in [5.41, 5.74) is -0.569. The second kappa shape index (κ2) is 7.39. The van der Waals surface area contributed by atoms with E-state index in [1.165, 1.54) is 31.4 Å². The molecule has 2 aromatic rings. The quantitative estimate of drug-likeness (QED) is 0.857. The smallest absolute Gasteiger partial charge is 0.254 e. The van der Waals surface area contributed by atoms with Crippen LogP contribution in [0.4, 0.5) is 8.78 Å². The predicted molar refractivity (Wildman–Crippen MR) is 91.1 cm³/mol. The molecule has 138 valence electrons. The van der Waals surface area contributed by atoms with E-state index in [1.54, 1.807) is 6.07 Å². The lowest BCUT2D eigenvalue weighted by Gasteiger charge is -2.26. The van der Waals surface area contributed by atoms with Crippen LogP contribution in [0.2, 0.25) is 0 Å². The maximum absolute atomic E-state index is 14.5. The lowest BCUT2D eigenvalue weighted by atomic mass is 9.98. The van der Waals surface area contributed by atoms with Crippen molar-refractivity contribution in [2.75, 3.05) is 26.9 Å². The van der Waals surface area contributed by atoms with Crippen LogP contribution in [0.5, 0.6) is 5.75 Å². The van der Waals surface area contributed by atoms with Crippen molar-refractivity contribution < 1.29 is 28.2 Å². The molecule has 1 saturated heterocycles. The number of amides is 1. The molecule has 1 amide bonds. The van der Waals surface area contributed by atoms with Crippen molar-refractivity contribution in [3.05, 3.63) is 53.6 Å². The van der Waals surface area contributed by atoms with Crippen LogP contribution >= 0.6 is 0 Å². The van der Waals surface area contributed by atoms with Crippen LogP contribution in [-0.4, -0.2) is 43.5 Å². The summed E-state index contributed by atoms with van der Waals surface area (Å²) < 4.78 is 38.8. The minimum atomic E-state index is -0.899. The summed E-state index contributed by atoms with van der Waals surface area (Å²) in [6.45, 7) is 0.292. The highest BCUT2D eigenvalue weighted by Gasteiger charge is 2.36. The van der Waals surface area contributed by atoms with Gasteiger partial charge in [0.05, 0.1) is 31.4 Å². The van der Waals surface area contributed by atoms with Crippen LogP contribution in [0.1, 0.15) is 16.8 Å². The standard InChI is InChI=1S/C19H19F2NO4/c1-25-13-3-5-14(17(21)9-13)12-2-4-15(16(20)8-12)18(24)22-19(10-23)6-7-26-11-19/h2-5,8-9,23H,6-7,10-11H2,1H3,(H,22,24)/t19-/m1/s1. The molecule has 0 spiro atoms. The largest absolute Gasteiger partial charge is 0.497 e. The predicted octanol–water partition coefficient (Wildman–Crippen LogP) is 2.52. The molecule has 2 aromatic carbocycles. The van der Waals surface area contributed by atoms with E-state index >= 15 is 0 Å². The Balaban J connectivity index is 1.84. The molecule has 1 fully saturated rings. The number of aliphatic hydroxyl groups is 1. The summed E-state index contributed by atoms with van der Waals surface area (Å²) in [4.78, 5) is 12.4. The molecule has 1 atom stereocenters. The summed E-state index contributed by atoms with van der Waals surface area (Å²) in [5.74, 6) is -1.62. The Kier molecular flexibility index (Phi) is 5.20. The molecular weight excluding hydrogens is 344 g/mol. The third-order valence-electron chi connectivity index (χ3n) is 4.49. The molecule has 5 nitrogen and oxygen atoms in total. The zero-order chi connectivity index (χ0) is 18.7. The highest BCUT2D eigenvalue weighted by molar-refractivity contribution is 5.95. The SMILES string of the molecule is COc1ccc(-c2ccc(C(=O)N[C@@]3(CO)CCOC3)c(F)c2)c(F)c1. The molecule has 0 aromatic heterocycles. The molecule has 1 heterocycles. The topological polar surface area (TPSA) is 67.8 Å². The molecule has 26 heavy (non-hydrogen) atoms. The lowest BCUT2D eigenvalue weighted by molar-refractivity contribution is 0.0786. The van der Waals surface area contributed by atoms with Crippen molar-refractivity contribution in [3.63, 3.8) is 0 Å². The van der Waals surface area contributed by atoms with Crippen molar-refractivity contribution in [2.24, 2.45) is 0 Å². The van der Waals surface area contributed by atoms with Gasteiger partial charge in [-0.15, -0.1) is 0 Å². The van der Waals surface area contributed by atoms with Gasteiger partial charge in [0, 0.05) is 18.2 Å². The van der Waals surface area contributed by atoms with Crippen LogP contribution in [0.15, 0.2) is 36.4 Å². The van der Waals surface area contributed by atoms with Gasteiger partial charge in [-0.05, 0) is 36.2 Å². The van der Waals surface area contributed by atoms with Crippen LogP contribution in [0.25, 0.3) is 11.1 Å². The van der Waals surface area contributed by atoms with Crippen LogP contribution in [0.3, 0.4) is 0 Å². The van der Waals surface area contributed by atoms with E-state index in [0.29, 0.717) is 24.3 Å². The molecule has 0 bridgehead atoms. The Morgan fingerprint density at radius 1 is 1.27 bits per heavy atom. The van der Waals surface area contributed by atoms with Crippen LogP contribution in [-0.2, 0) is 4.74 Å². The van der Waals surface area contributed by atoms with E-state index in [-0.39, 0.29) is 24.3 Å². The third kappa shape index (κ3) is 3.54. The normalized spacial score (nSPS) is 19.4. The second-order valence-electron chi connectivity index (χ2n) is 6.24. The van der Waals surface area contributed by atoms with Crippen LogP contribution in [0, 0.1) is 11.6 Å². The van der Waals surface area contributed by atoms with Crippen molar-refractivity contribution in [2.45, 2.75) is 12.0 Å². The van der Waals surface area contributed by atoms with Gasteiger partial charge < -0.3 is 19.9 Å². The number of carbonyl (C=O) groups excluding carboxylic acids is 1. The number of halogens is 2. The fourth-order valence-corrected chi connectivity index (χ4v) is 2.90. The fourth-order valence-electron chi connectivity index (χ4n) is 2.90. The molecule has 0 radical (unpaired) electrons. The van der Waals surface area contributed by atoms with Crippen molar-refractivity contribution in [1.29, 1.82) is 0 Å². The Morgan fingerprint density at radius 2 is 2.08 bits per heavy atom. The minimum absolute atomic E-state index is 0.173. The van der Waals surface area contributed by atoms with Crippen molar-refractivity contribution in [1.82, 2.24) is 5.32 Å². The first-order valence-corrected chi connectivity index (χ1v) is 8.12. The average molecular weight is 363 g/mol. The zero-order valence-electron chi connectivity index (χ0n) is 14.2. The molecule has 3 rings (SSSR count). The van der Waals surface area contributed by atoms with E-state index in [9.17, 15) is 18.7 Å². The number of ether oxygens (including phenoxy) is 2. The number of benzene rings is 2. The van der Waals surface area contributed by atoms with Gasteiger partial charge in [-0.1, -0.05) is 6.07 Å².